The van der Waals surface area contributed by atoms with E-state index in [4.69, 9.17) is 4.42 Å². The summed E-state index contributed by atoms with van der Waals surface area (Å²) in [5.74, 6) is -0.319. The first-order valence-corrected chi connectivity index (χ1v) is 9.96. The Morgan fingerprint density at radius 2 is 1.79 bits per heavy atom. The molecule has 3 nitrogen and oxygen atoms in total. The number of hydrogen-bond donors (Lipinski definition) is 0. The van der Waals surface area contributed by atoms with Gasteiger partial charge in [0.15, 0.2) is 0 Å². The number of allylic oxidation sites excluding steroid dienone is 1. The number of rotatable bonds is 3. The van der Waals surface area contributed by atoms with Crippen LogP contribution in [-0.2, 0) is 12.0 Å². The number of halogens is 2. The van der Waals surface area contributed by atoms with Crippen molar-refractivity contribution in [3.63, 3.8) is 0 Å². The zero-order valence-electron chi connectivity index (χ0n) is 16.3. The van der Waals surface area contributed by atoms with Gasteiger partial charge in [-0.15, -0.1) is 0 Å². The largest absolute Gasteiger partial charge is 0.441 e. The first-order valence-electron chi connectivity index (χ1n) is 9.96. The third-order valence-corrected chi connectivity index (χ3v) is 6.20. The third kappa shape index (κ3) is 3.29. The summed E-state index contributed by atoms with van der Waals surface area (Å²) in [6.45, 7) is 4.46. The lowest BCUT2D eigenvalue weighted by atomic mass is 9.74. The van der Waals surface area contributed by atoms with E-state index in [-0.39, 0.29) is 11.3 Å². The number of aromatic nitrogens is 1. The van der Waals surface area contributed by atoms with Gasteiger partial charge in [0.1, 0.15) is 17.4 Å². The smallest absolute Gasteiger partial charge is 0.226 e. The molecular formula is C24H22F2N2O. The molecule has 1 aromatic heterocycles. The van der Waals surface area contributed by atoms with Gasteiger partial charge in [0.25, 0.3) is 0 Å². The highest BCUT2D eigenvalue weighted by Gasteiger charge is 2.37. The van der Waals surface area contributed by atoms with E-state index in [1.807, 2.05) is 6.92 Å². The quantitative estimate of drug-likeness (QED) is 0.590. The van der Waals surface area contributed by atoms with Crippen LogP contribution in [0.3, 0.4) is 0 Å². The van der Waals surface area contributed by atoms with Crippen LogP contribution in [-0.4, -0.2) is 23.0 Å². The fraction of sp³-hybridized carbons (Fsp3) is 0.292. The minimum Gasteiger partial charge on any atom is -0.441 e. The molecule has 0 bridgehead atoms. The Hall–Kier alpha value is -2.79. The average molecular weight is 392 g/mol. The number of piperidine rings is 1. The molecule has 0 amide bonds. The Morgan fingerprint density at radius 1 is 1.07 bits per heavy atom. The van der Waals surface area contributed by atoms with Crippen molar-refractivity contribution >= 4 is 6.08 Å². The fourth-order valence-electron chi connectivity index (χ4n) is 4.57. The van der Waals surface area contributed by atoms with Gasteiger partial charge in [-0.1, -0.05) is 36.4 Å². The molecule has 1 spiro atoms. The van der Waals surface area contributed by atoms with E-state index in [1.165, 1.54) is 23.3 Å². The van der Waals surface area contributed by atoms with E-state index in [9.17, 15) is 8.78 Å². The van der Waals surface area contributed by atoms with Gasteiger partial charge in [0, 0.05) is 23.6 Å². The molecule has 1 aliphatic heterocycles. The lowest BCUT2D eigenvalue weighted by molar-refractivity contribution is 0.175. The van der Waals surface area contributed by atoms with Crippen LogP contribution in [0.25, 0.3) is 17.5 Å². The topological polar surface area (TPSA) is 29.3 Å². The molecule has 2 heterocycles. The summed E-state index contributed by atoms with van der Waals surface area (Å²) in [6.07, 6.45) is 6.75. The molecule has 0 unspecified atom stereocenters. The summed E-state index contributed by atoms with van der Waals surface area (Å²) in [7, 11) is 0. The number of benzene rings is 2. The zero-order chi connectivity index (χ0) is 20.0. The summed E-state index contributed by atoms with van der Waals surface area (Å²) in [4.78, 5) is 6.90. The fourth-order valence-corrected chi connectivity index (χ4v) is 4.57. The first-order chi connectivity index (χ1) is 14.0. The number of likely N-dealkylation sites (tertiary alicyclic amines) is 1. The molecule has 0 N–H and O–H groups in total. The number of nitrogens with zero attached hydrogens (tertiary/aromatic N) is 2. The molecule has 5 rings (SSSR count). The highest BCUT2D eigenvalue weighted by atomic mass is 19.1. The van der Waals surface area contributed by atoms with Crippen molar-refractivity contribution in [1.82, 2.24) is 9.88 Å². The van der Waals surface area contributed by atoms with E-state index < -0.39 is 11.6 Å². The third-order valence-electron chi connectivity index (χ3n) is 6.20. The van der Waals surface area contributed by atoms with Gasteiger partial charge in [-0.05, 0) is 56.1 Å². The molecule has 2 aromatic carbocycles. The zero-order valence-corrected chi connectivity index (χ0v) is 16.3. The van der Waals surface area contributed by atoms with E-state index in [2.05, 4.69) is 46.3 Å². The molecule has 1 saturated heterocycles. The Labute approximate surface area is 168 Å². The molecule has 1 fully saturated rings. The standard InChI is InChI=1S/C24H22F2N2O/c1-16-22(27-23(29-16)18-12-19(25)14-20(26)13-18)15-28-10-8-24(9-11-28)7-6-17-4-2-3-5-21(17)24/h2-7,12-14H,8-11,15H2,1H3. The Bertz CT molecular complexity index is 1070. The monoisotopic (exact) mass is 392 g/mol. The lowest BCUT2D eigenvalue weighted by Gasteiger charge is -2.39. The van der Waals surface area contributed by atoms with Crippen molar-refractivity contribution in [3.05, 3.63) is 82.8 Å². The van der Waals surface area contributed by atoms with Crippen LogP contribution in [0, 0.1) is 18.6 Å². The van der Waals surface area contributed by atoms with Crippen molar-refractivity contribution in [2.75, 3.05) is 13.1 Å². The minimum atomic E-state index is -0.636. The molecule has 0 saturated carbocycles. The van der Waals surface area contributed by atoms with Crippen LogP contribution >= 0.6 is 0 Å². The van der Waals surface area contributed by atoms with E-state index in [0.29, 0.717) is 17.9 Å². The minimum absolute atomic E-state index is 0.149. The summed E-state index contributed by atoms with van der Waals surface area (Å²) in [5, 5.41) is 0. The van der Waals surface area contributed by atoms with Crippen LogP contribution < -0.4 is 0 Å². The molecule has 0 radical (unpaired) electrons. The van der Waals surface area contributed by atoms with Gasteiger partial charge in [0.05, 0.1) is 5.69 Å². The van der Waals surface area contributed by atoms with Crippen molar-refractivity contribution in [3.8, 4) is 11.5 Å². The van der Waals surface area contributed by atoms with Crippen LogP contribution in [0.5, 0.6) is 0 Å². The molecule has 3 aromatic rings. The molecular weight excluding hydrogens is 370 g/mol. The van der Waals surface area contributed by atoms with Gasteiger partial charge in [0.2, 0.25) is 5.89 Å². The van der Waals surface area contributed by atoms with E-state index in [0.717, 1.165) is 37.7 Å². The second-order valence-electron chi connectivity index (χ2n) is 8.03. The number of aryl methyl sites for hydroxylation is 1. The Balaban J connectivity index is 1.30. The van der Waals surface area contributed by atoms with Gasteiger partial charge >= 0.3 is 0 Å². The van der Waals surface area contributed by atoms with E-state index >= 15 is 0 Å². The van der Waals surface area contributed by atoms with Crippen molar-refractivity contribution in [2.24, 2.45) is 0 Å². The highest BCUT2D eigenvalue weighted by molar-refractivity contribution is 5.65. The Morgan fingerprint density at radius 3 is 2.55 bits per heavy atom. The Kier molecular flexibility index (Phi) is 4.36. The molecule has 29 heavy (non-hydrogen) atoms. The number of oxazole rings is 1. The summed E-state index contributed by atoms with van der Waals surface area (Å²) in [6, 6.07) is 12.0. The van der Waals surface area contributed by atoms with Crippen molar-refractivity contribution < 1.29 is 13.2 Å². The maximum absolute atomic E-state index is 13.5. The number of hydrogen-bond acceptors (Lipinski definition) is 3. The summed E-state index contributed by atoms with van der Waals surface area (Å²) >= 11 is 0. The van der Waals surface area contributed by atoms with Crippen LogP contribution in [0.1, 0.15) is 35.4 Å². The molecule has 148 valence electrons. The summed E-state index contributed by atoms with van der Waals surface area (Å²) in [5.41, 5.74) is 4.06. The first kappa shape index (κ1) is 18.3. The van der Waals surface area contributed by atoms with Crippen molar-refractivity contribution in [1.29, 1.82) is 0 Å². The molecule has 5 heteroatoms. The predicted octanol–water partition coefficient (Wildman–Crippen LogP) is 5.49. The second kappa shape index (κ2) is 6.92. The highest BCUT2D eigenvalue weighted by Crippen LogP contribution is 2.43. The van der Waals surface area contributed by atoms with Crippen molar-refractivity contribution in [2.45, 2.75) is 31.7 Å². The van der Waals surface area contributed by atoms with Gasteiger partial charge < -0.3 is 4.42 Å². The maximum atomic E-state index is 13.5. The van der Waals surface area contributed by atoms with Gasteiger partial charge in [-0.25, -0.2) is 13.8 Å². The SMILES string of the molecule is Cc1oc(-c2cc(F)cc(F)c2)nc1CN1CCC2(C=Cc3ccccc32)CC1. The van der Waals surface area contributed by atoms with E-state index in [1.54, 1.807) is 0 Å². The van der Waals surface area contributed by atoms with Crippen LogP contribution in [0.4, 0.5) is 8.78 Å². The van der Waals surface area contributed by atoms with Crippen LogP contribution in [0.2, 0.25) is 0 Å². The predicted molar refractivity (Wildman–Crippen MR) is 108 cm³/mol. The molecule has 2 aliphatic rings. The number of fused-ring (bicyclic) bond motifs is 2. The molecule has 1 aliphatic carbocycles. The van der Waals surface area contributed by atoms with Gasteiger partial charge in [-0.2, -0.15) is 0 Å². The van der Waals surface area contributed by atoms with Crippen LogP contribution in [0.15, 0.2) is 53.0 Å². The molecule has 0 atom stereocenters. The average Bonchev–Trinajstić information content (AvgIpc) is 3.25. The lowest BCUT2D eigenvalue weighted by Crippen LogP contribution is -2.40. The summed E-state index contributed by atoms with van der Waals surface area (Å²) < 4.78 is 32.8. The second-order valence-corrected chi connectivity index (χ2v) is 8.03. The normalized spacial score (nSPS) is 17.8. The maximum Gasteiger partial charge on any atom is 0.226 e. The van der Waals surface area contributed by atoms with Gasteiger partial charge in [-0.3, -0.25) is 4.90 Å².